The highest BCUT2D eigenvalue weighted by atomic mass is 35.5. The molecule has 1 unspecified atom stereocenters. The lowest BCUT2D eigenvalue weighted by Gasteiger charge is -2.32. The number of hydrogen-bond acceptors (Lipinski definition) is 4. The average molecular weight is 346 g/mol. The zero-order valence-electron chi connectivity index (χ0n) is 12.5. The predicted molar refractivity (Wildman–Crippen MR) is 92.7 cm³/mol. The maximum Gasteiger partial charge on any atom is 0.222 e. The molecule has 0 bridgehead atoms. The molecule has 2 aliphatic rings. The van der Waals surface area contributed by atoms with Crippen molar-refractivity contribution in [3.63, 3.8) is 0 Å². The molecule has 4 nitrogen and oxygen atoms in total. The minimum absolute atomic E-state index is 0.128. The number of nitrogens with zero attached hydrogens (tertiary/aromatic N) is 2. The third kappa shape index (κ3) is 2.86. The molecular weight excluding hydrogens is 330 g/mol. The number of thiophene rings is 1. The molecule has 3 heterocycles. The first kappa shape index (κ1) is 14.7. The largest absolute Gasteiger partial charge is 0.356 e. The molecule has 1 N–H and O–H groups in total. The van der Waals surface area contributed by atoms with E-state index in [1.807, 2.05) is 24.3 Å². The number of carbonyl (C=O) groups is 1. The molecule has 0 spiro atoms. The summed E-state index contributed by atoms with van der Waals surface area (Å²) >= 11 is 8.00. The molecule has 23 heavy (non-hydrogen) atoms. The zero-order valence-corrected chi connectivity index (χ0v) is 14.0. The monoisotopic (exact) mass is 345 g/mol. The Bertz CT molecular complexity index is 876. The van der Waals surface area contributed by atoms with E-state index in [9.17, 15) is 4.79 Å². The van der Waals surface area contributed by atoms with E-state index in [1.165, 1.54) is 0 Å². The highest BCUT2D eigenvalue weighted by Crippen LogP contribution is 2.28. The van der Waals surface area contributed by atoms with Crippen LogP contribution < -0.4 is 15.2 Å². The maximum atomic E-state index is 11.6. The van der Waals surface area contributed by atoms with Gasteiger partial charge in [-0.15, -0.1) is 11.3 Å². The van der Waals surface area contributed by atoms with Crippen LogP contribution in [0.4, 0.5) is 0 Å². The molecule has 118 valence electrons. The molecule has 1 fully saturated rings. The number of fused-ring (bicyclic) bond motifs is 1. The number of nitrogens with one attached hydrogen (secondary N) is 1. The number of amides is 1. The first-order valence-corrected chi connectivity index (χ1v) is 8.84. The van der Waals surface area contributed by atoms with E-state index in [0.717, 1.165) is 38.3 Å². The van der Waals surface area contributed by atoms with E-state index in [1.54, 1.807) is 11.3 Å². The van der Waals surface area contributed by atoms with Crippen molar-refractivity contribution in [1.29, 1.82) is 0 Å². The second kappa shape index (κ2) is 5.98. The van der Waals surface area contributed by atoms with Crippen molar-refractivity contribution in [2.45, 2.75) is 18.9 Å². The van der Waals surface area contributed by atoms with Crippen LogP contribution in [0.25, 0.3) is 16.6 Å². The number of benzene rings is 1. The van der Waals surface area contributed by atoms with Gasteiger partial charge in [0.05, 0.1) is 9.89 Å². The standard InChI is InChI=1S/C17H16ClN3OS/c18-13-4-2-1-3-12(13)15-8-14-16(23-15)9-21(10-20-14)11-5-6-19-17(22)7-11/h1-4,8-9,11H,5-7,10H2,(H,19,22). The Labute approximate surface area is 143 Å². The van der Waals surface area contributed by atoms with Gasteiger partial charge in [0.15, 0.2) is 0 Å². The first-order valence-electron chi connectivity index (χ1n) is 7.64. The minimum atomic E-state index is 0.128. The van der Waals surface area contributed by atoms with Gasteiger partial charge in [-0.1, -0.05) is 29.8 Å². The van der Waals surface area contributed by atoms with Crippen LogP contribution >= 0.6 is 22.9 Å². The third-order valence-electron chi connectivity index (χ3n) is 4.26. The molecule has 1 atom stereocenters. The Morgan fingerprint density at radius 3 is 3.04 bits per heavy atom. The molecule has 1 amide bonds. The molecule has 6 heteroatoms. The molecule has 2 aromatic rings. The topological polar surface area (TPSA) is 44.7 Å². The quantitative estimate of drug-likeness (QED) is 0.904. The summed E-state index contributed by atoms with van der Waals surface area (Å²) in [4.78, 5) is 19.6. The van der Waals surface area contributed by atoms with Crippen molar-refractivity contribution in [3.8, 4) is 10.4 Å². The second-order valence-corrected chi connectivity index (χ2v) is 7.27. The van der Waals surface area contributed by atoms with E-state index in [-0.39, 0.29) is 11.9 Å². The summed E-state index contributed by atoms with van der Waals surface area (Å²) in [5, 5.41) is 4.65. The summed E-state index contributed by atoms with van der Waals surface area (Å²) in [6.07, 6.45) is 3.66. The molecule has 4 rings (SSSR count). The SMILES string of the molecule is O=C1CC(N2C=c3sc(-c4ccccc4Cl)cc3=NC2)CCN1. The summed E-state index contributed by atoms with van der Waals surface area (Å²) in [6, 6.07) is 10.2. The molecule has 0 radical (unpaired) electrons. The Kier molecular flexibility index (Phi) is 3.83. The summed E-state index contributed by atoms with van der Waals surface area (Å²) in [5.41, 5.74) is 1.04. The Hall–Kier alpha value is -1.85. The van der Waals surface area contributed by atoms with E-state index in [2.05, 4.69) is 27.5 Å². The highest BCUT2D eigenvalue weighted by molar-refractivity contribution is 7.13. The van der Waals surface area contributed by atoms with Crippen LogP contribution in [0, 0.1) is 0 Å². The Morgan fingerprint density at radius 1 is 1.35 bits per heavy atom. The van der Waals surface area contributed by atoms with Crippen molar-refractivity contribution in [3.05, 3.63) is 45.2 Å². The highest BCUT2D eigenvalue weighted by Gasteiger charge is 2.24. The summed E-state index contributed by atoms with van der Waals surface area (Å²) in [7, 11) is 0. The maximum absolute atomic E-state index is 11.6. The number of halogens is 1. The molecular formula is C17H16ClN3OS. The van der Waals surface area contributed by atoms with E-state index >= 15 is 0 Å². The van der Waals surface area contributed by atoms with Crippen LogP contribution in [0.3, 0.4) is 0 Å². The van der Waals surface area contributed by atoms with Gasteiger partial charge in [-0.25, -0.2) is 0 Å². The van der Waals surface area contributed by atoms with Crippen molar-refractivity contribution < 1.29 is 4.79 Å². The lowest BCUT2D eigenvalue weighted by molar-refractivity contribution is -0.123. The van der Waals surface area contributed by atoms with Gasteiger partial charge in [0.1, 0.15) is 6.67 Å². The zero-order chi connectivity index (χ0) is 15.8. The number of piperidine rings is 1. The smallest absolute Gasteiger partial charge is 0.222 e. The van der Waals surface area contributed by atoms with Gasteiger partial charge >= 0.3 is 0 Å². The van der Waals surface area contributed by atoms with Gasteiger partial charge in [0.25, 0.3) is 0 Å². The summed E-state index contributed by atoms with van der Waals surface area (Å²) < 4.78 is 1.14. The third-order valence-corrected chi connectivity index (χ3v) is 5.68. The Morgan fingerprint density at radius 2 is 2.22 bits per heavy atom. The van der Waals surface area contributed by atoms with Crippen LogP contribution in [0.2, 0.25) is 5.02 Å². The van der Waals surface area contributed by atoms with Gasteiger partial charge in [0, 0.05) is 40.7 Å². The summed E-state index contributed by atoms with van der Waals surface area (Å²) in [5.74, 6) is 0.128. The minimum Gasteiger partial charge on any atom is -0.356 e. The number of hydrogen-bond donors (Lipinski definition) is 1. The molecule has 0 aliphatic carbocycles. The number of rotatable bonds is 2. The fraction of sp³-hybridized carbons (Fsp3) is 0.294. The predicted octanol–water partition coefficient (Wildman–Crippen LogP) is 1.98. The van der Waals surface area contributed by atoms with Crippen LogP contribution in [-0.4, -0.2) is 30.1 Å². The molecule has 2 aliphatic heterocycles. The normalized spacial score (nSPS) is 20.3. The molecule has 0 saturated carbocycles. The Balaban J connectivity index is 1.68. The van der Waals surface area contributed by atoms with E-state index in [4.69, 9.17) is 11.6 Å². The molecule has 1 saturated heterocycles. The van der Waals surface area contributed by atoms with Gasteiger partial charge in [0.2, 0.25) is 5.91 Å². The van der Waals surface area contributed by atoms with Crippen molar-refractivity contribution in [2.24, 2.45) is 4.99 Å². The van der Waals surface area contributed by atoms with Gasteiger partial charge < -0.3 is 10.2 Å². The summed E-state index contributed by atoms with van der Waals surface area (Å²) in [6.45, 7) is 1.36. The van der Waals surface area contributed by atoms with E-state index in [0.29, 0.717) is 13.1 Å². The molecule has 1 aromatic heterocycles. The number of carbonyl (C=O) groups excluding carboxylic acids is 1. The second-order valence-electron chi connectivity index (χ2n) is 5.78. The lowest BCUT2D eigenvalue weighted by atomic mass is 10.0. The van der Waals surface area contributed by atoms with E-state index < -0.39 is 0 Å². The van der Waals surface area contributed by atoms with Gasteiger partial charge in [-0.05, 0) is 18.6 Å². The van der Waals surface area contributed by atoms with Crippen molar-refractivity contribution in [1.82, 2.24) is 10.2 Å². The first-order chi connectivity index (χ1) is 11.2. The van der Waals surface area contributed by atoms with Crippen molar-refractivity contribution in [2.75, 3.05) is 13.2 Å². The van der Waals surface area contributed by atoms with Gasteiger partial charge in [-0.2, -0.15) is 0 Å². The lowest BCUT2D eigenvalue weighted by Crippen LogP contribution is -2.46. The van der Waals surface area contributed by atoms with Crippen molar-refractivity contribution >= 4 is 35.0 Å². The fourth-order valence-corrected chi connectivity index (χ4v) is 4.43. The van der Waals surface area contributed by atoms with Crippen LogP contribution in [-0.2, 0) is 4.79 Å². The van der Waals surface area contributed by atoms with Crippen LogP contribution in [0.15, 0.2) is 35.3 Å². The van der Waals surface area contributed by atoms with Gasteiger partial charge in [-0.3, -0.25) is 9.79 Å². The fourth-order valence-electron chi connectivity index (χ4n) is 3.02. The molecule has 1 aromatic carbocycles. The van der Waals surface area contributed by atoms with Crippen LogP contribution in [0.5, 0.6) is 0 Å². The van der Waals surface area contributed by atoms with Crippen LogP contribution in [0.1, 0.15) is 12.8 Å². The average Bonchev–Trinajstić information content (AvgIpc) is 2.98.